The van der Waals surface area contributed by atoms with Crippen LogP contribution in [0.3, 0.4) is 0 Å². The van der Waals surface area contributed by atoms with Crippen molar-refractivity contribution in [2.45, 2.75) is 63.6 Å². The van der Waals surface area contributed by atoms with Crippen LogP contribution in [0.2, 0.25) is 0 Å². The third kappa shape index (κ3) is 4.08. The second-order valence-corrected chi connectivity index (χ2v) is 10.1. The van der Waals surface area contributed by atoms with Crippen molar-refractivity contribution < 1.29 is 14.0 Å². The van der Waals surface area contributed by atoms with Gasteiger partial charge < -0.3 is 5.32 Å². The predicted molar refractivity (Wildman–Crippen MR) is 127 cm³/mol. The van der Waals surface area contributed by atoms with Crippen LogP contribution in [0.15, 0.2) is 47.8 Å². The molecule has 6 nitrogen and oxygen atoms in total. The number of fused-ring (bicyclic) bond motifs is 1. The van der Waals surface area contributed by atoms with E-state index in [0.717, 1.165) is 30.6 Å². The van der Waals surface area contributed by atoms with Crippen molar-refractivity contribution >= 4 is 28.8 Å². The highest BCUT2D eigenvalue weighted by molar-refractivity contribution is 7.13. The van der Waals surface area contributed by atoms with E-state index in [1.807, 2.05) is 17.5 Å². The molecule has 1 aliphatic heterocycles. The van der Waals surface area contributed by atoms with Crippen LogP contribution in [0.5, 0.6) is 0 Å². The number of thiophene rings is 1. The average molecular weight is 467 g/mol. The van der Waals surface area contributed by atoms with Gasteiger partial charge in [-0.1, -0.05) is 31.7 Å². The van der Waals surface area contributed by atoms with E-state index in [2.05, 4.69) is 10.4 Å². The van der Waals surface area contributed by atoms with Gasteiger partial charge in [0.25, 0.3) is 5.91 Å². The molecule has 0 spiro atoms. The number of hydrogen-bond acceptors (Lipinski definition) is 4. The Morgan fingerprint density at radius 2 is 1.88 bits per heavy atom. The Kier molecular flexibility index (Phi) is 5.78. The first-order valence-corrected chi connectivity index (χ1v) is 12.4. The van der Waals surface area contributed by atoms with Gasteiger partial charge in [0.1, 0.15) is 22.7 Å². The second kappa shape index (κ2) is 8.74. The number of hydrogen-bond donors (Lipinski definition) is 1. The molecule has 1 saturated carbocycles. The van der Waals surface area contributed by atoms with Gasteiger partial charge in [-0.25, -0.2) is 4.39 Å². The van der Waals surface area contributed by atoms with Gasteiger partial charge in [0.15, 0.2) is 0 Å². The molecule has 2 amide bonds. The number of rotatable bonds is 4. The fourth-order valence-corrected chi connectivity index (χ4v) is 5.57. The van der Waals surface area contributed by atoms with Gasteiger partial charge in [0, 0.05) is 11.7 Å². The molecule has 1 aliphatic carbocycles. The molecule has 1 atom stereocenters. The van der Waals surface area contributed by atoms with Crippen molar-refractivity contribution in [3.05, 3.63) is 59.4 Å². The van der Waals surface area contributed by atoms with Crippen molar-refractivity contribution in [3.63, 3.8) is 0 Å². The van der Waals surface area contributed by atoms with E-state index in [-0.39, 0.29) is 24.4 Å². The molecule has 8 heteroatoms. The van der Waals surface area contributed by atoms with Gasteiger partial charge in [-0.15, -0.1) is 11.3 Å². The maximum absolute atomic E-state index is 13.7. The topological polar surface area (TPSA) is 67.2 Å². The fourth-order valence-electron chi connectivity index (χ4n) is 4.89. The van der Waals surface area contributed by atoms with Crippen LogP contribution in [0.4, 0.5) is 10.1 Å². The minimum Gasteiger partial charge on any atom is -0.351 e. The van der Waals surface area contributed by atoms with Crippen molar-refractivity contribution in [1.29, 1.82) is 0 Å². The average Bonchev–Trinajstić information content (AvgIpc) is 3.40. The molecule has 3 aromatic rings. The zero-order valence-corrected chi connectivity index (χ0v) is 19.4. The fraction of sp³-hybridized carbons (Fsp3) is 0.400. The molecule has 0 bridgehead atoms. The Labute approximate surface area is 196 Å². The maximum Gasteiger partial charge on any atom is 0.277 e. The first-order chi connectivity index (χ1) is 16.0. The largest absolute Gasteiger partial charge is 0.351 e. The molecule has 1 aromatic carbocycles. The third-order valence-corrected chi connectivity index (χ3v) is 7.58. The lowest BCUT2D eigenvalue weighted by atomic mass is 9.93. The van der Waals surface area contributed by atoms with E-state index >= 15 is 0 Å². The second-order valence-electron chi connectivity index (χ2n) is 9.10. The van der Waals surface area contributed by atoms with Gasteiger partial charge >= 0.3 is 0 Å². The summed E-state index contributed by atoms with van der Waals surface area (Å²) >= 11 is 1.55. The molecule has 0 saturated heterocycles. The van der Waals surface area contributed by atoms with E-state index in [1.54, 1.807) is 41.1 Å². The first kappa shape index (κ1) is 21.8. The van der Waals surface area contributed by atoms with Crippen molar-refractivity contribution in [2.24, 2.45) is 0 Å². The summed E-state index contributed by atoms with van der Waals surface area (Å²) < 4.78 is 15.3. The highest BCUT2D eigenvalue weighted by Gasteiger charge is 2.49. The van der Waals surface area contributed by atoms with Gasteiger partial charge in [-0.05, 0) is 61.5 Å². The Morgan fingerprint density at radius 3 is 2.55 bits per heavy atom. The SMILES string of the molecule is C[C@]1(C(=O)NC2CCCCCC2)Cn2nc(-c3cccs3)cc2C(=O)N1c1ccc(F)cc1. The van der Waals surface area contributed by atoms with Crippen LogP contribution in [-0.2, 0) is 11.3 Å². The van der Waals surface area contributed by atoms with E-state index in [0.29, 0.717) is 17.1 Å². The third-order valence-electron chi connectivity index (χ3n) is 6.69. The molecule has 33 heavy (non-hydrogen) atoms. The predicted octanol–water partition coefficient (Wildman–Crippen LogP) is 5.01. The Bertz CT molecular complexity index is 1150. The van der Waals surface area contributed by atoms with Crippen LogP contribution < -0.4 is 10.2 Å². The van der Waals surface area contributed by atoms with Crippen LogP contribution in [0.1, 0.15) is 55.9 Å². The summed E-state index contributed by atoms with van der Waals surface area (Å²) in [5.41, 5.74) is 0.417. The number of carbonyl (C=O) groups excluding carboxylic acids is 2. The van der Waals surface area contributed by atoms with Crippen LogP contribution in [-0.4, -0.2) is 33.2 Å². The monoisotopic (exact) mass is 466 g/mol. The molecule has 1 N–H and O–H groups in total. The highest BCUT2D eigenvalue weighted by Crippen LogP contribution is 2.35. The van der Waals surface area contributed by atoms with Crippen LogP contribution >= 0.6 is 11.3 Å². The summed E-state index contributed by atoms with van der Waals surface area (Å²) in [6.45, 7) is 1.99. The van der Waals surface area contributed by atoms with E-state index in [4.69, 9.17) is 0 Å². The van der Waals surface area contributed by atoms with E-state index < -0.39 is 11.4 Å². The normalized spacial score (nSPS) is 21.5. The Morgan fingerprint density at radius 1 is 1.15 bits per heavy atom. The summed E-state index contributed by atoms with van der Waals surface area (Å²) in [6.07, 6.45) is 6.45. The van der Waals surface area contributed by atoms with Gasteiger partial charge in [0.2, 0.25) is 5.91 Å². The minimum atomic E-state index is -1.20. The summed E-state index contributed by atoms with van der Waals surface area (Å²) in [5.74, 6) is -0.912. The maximum atomic E-state index is 13.7. The van der Waals surface area contributed by atoms with Crippen LogP contribution in [0.25, 0.3) is 10.6 Å². The van der Waals surface area contributed by atoms with Gasteiger partial charge in [-0.3, -0.25) is 19.2 Å². The van der Waals surface area contributed by atoms with Gasteiger partial charge in [0.05, 0.1) is 11.4 Å². The van der Waals surface area contributed by atoms with E-state index in [1.165, 1.54) is 29.9 Å². The van der Waals surface area contributed by atoms with Crippen molar-refractivity contribution in [3.8, 4) is 10.6 Å². The Hall–Kier alpha value is -3.00. The van der Waals surface area contributed by atoms with Crippen molar-refractivity contribution in [1.82, 2.24) is 15.1 Å². The summed E-state index contributed by atoms with van der Waals surface area (Å²) in [4.78, 5) is 29.9. The lowest BCUT2D eigenvalue weighted by molar-refractivity contribution is -0.127. The zero-order valence-electron chi connectivity index (χ0n) is 18.6. The number of carbonyl (C=O) groups is 2. The Balaban J connectivity index is 1.54. The molecule has 1 fully saturated rings. The quantitative estimate of drug-likeness (QED) is 0.550. The molecule has 2 aromatic heterocycles. The smallest absolute Gasteiger partial charge is 0.277 e. The first-order valence-electron chi connectivity index (χ1n) is 11.5. The molecule has 5 rings (SSSR count). The number of aromatic nitrogens is 2. The number of nitrogens with one attached hydrogen (secondary N) is 1. The lowest BCUT2D eigenvalue weighted by Crippen LogP contribution is -2.65. The summed E-state index contributed by atoms with van der Waals surface area (Å²) in [6, 6.07) is 11.5. The number of amides is 2. The number of anilines is 1. The van der Waals surface area contributed by atoms with Gasteiger partial charge in [-0.2, -0.15) is 5.10 Å². The summed E-state index contributed by atoms with van der Waals surface area (Å²) in [5, 5.41) is 9.85. The zero-order chi connectivity index (χ0) is 23.0. The molecule has 172 valence electrons. The minimum absolute atomic E-state index is 0.0997. The molecular formula is C25H27FN4O2S. The molecule has 0 unspecified atom stereocenters. The summed E-state index contributed by atoms with van der Waals surface area (Å²) in [7, 11) is 0. The molecule has 3 heterocycles. The van der Waals surface area contributed by atoms with E-state index in [9.17, 15) is 14.0 Å². The molecular weight excluding hydrogens is 439 g/mol. The number of nitrogens with zero attached hydrogens (tertiary/aromatic N) is 3. The standard InChI is InChI=1S/C25H27FN4O2S/c1-25(24(32)27-18-7-4-2-3-5-8-18)16-29-21(15-20(28-29)22-9-6-14-33-22)23(31)30(25)19-12-10-17(26)11-13-19/h6,9-15,18H,2-5,7-8,16H2,1H3,(H,27,32)/t25-/m1/s1. The molecule has 0 radical (unpaired) electrons. The number of halogens is 1. The van der Waals surface area contributed by atoms with Crippen LogP contribution in [0, 0.1) is 5.82 Å². The highest BCUT2D eigenvalue weighted by atomic mass is 32.1. The molecule has 2 aliphatic rings. The van der Waals surface area contributed by atoms with Crippen molar-refractivity contribution in [2.75, 3.05) is 4.90 Å². The number of benzene rings is 1. The lowest BCUT2D eigenvalue weighted by Gasteiger charge is -2.43.